The number of pyridine rings is 1. The summed E-state index contributed by atoms with van der Waals surface area (Å²) in [7, 11) is 0. The van der Waals surface area contributed by atoms with Gasteiger partial charge in [0.2, 0.25) is 6.79 Å². The molecule has 0 radical (unpaired) electrons. The van der Waals surface area contributed by atoms with E-state index in [0.717, 1.165) is 41.7 Å². The molecule has 0 bridgehead atoms. The Bertz CT molecular complexity index is 702. The van der Waals surface area contributed by atoms with Gasteiger partial charge in [-0.05, 0) is 25.1 Å². The molecule has 0 amide bonds. The highest BCUT2D eigenvalue weighted by Crippen LogP contribution is 2.35. The number of fused-ring (bicyclic) bond motifs is 2. The number of H-pyrrole nitrogens is 1. The second-order valence-corrected chi connectivity index (χ2v) is 5.04. The van der Waals surface area contributed by atoms with Crippen LogP contribution in [0.4, 0.5) is 0 Å². The van der Waals surface area contributed by atoms with E-state index in [0.29, 0.717) is 11.7 Å². The summed E-state index contributed by atoms with van der Waals surface area (Å²) in [6.45, 7) is 2.09. The molecule has 1 unspecified atom stereocenters. The van der Waals surface area contributed by atoms with Crippen LogP contribution >= 0.6 is 0 Å². The zero-order valence-corrected chi connectivity index (χ0v) is 10.4. The van der Waals surface area contributed by atoms with Crippen LogP contribution in [0.2, 0.25) is 0 Å². The van der Waals surface area contributed by atoms with Crippen LogP contribution in [0.25, 0.3) is 10.9 Å². The summed E-state index contributed by atoms with van der Waals surface area (Å²) in [6.07, 6.45) is 1.01. The zero-order valence-electron chi connectivity index (χ0n) is 10.4. The molecule has 0 saturated carbocycles. The Hall–Kier alpha value is -2.01. The van der Waals surface area contributed by atoms with E-state index < -0.39 is 0 Å². The maximum Gasteiger partial charge on any atom is 0.251 e. The molecule has 0 spiro atoms. The number of hydrogen-bond donors (Lipinski definition) is 2. The number of aromatic nitrogens is 1. The molecule has 19 heavy (non-hydrogen) atoms. The average molecular weight is 258 g/mol. The van der Waals surface area contributed by atoms with Gasteiger partial charge in [0, 0.05) is 29.5 Å². The number of ether oxygens (including phenoxy) is 2. The fraction of sp³-hybridized carbons (Fsp3) is 0.357. The minimum atomic E-state index is 0.0000605. The van der Waals surface area contributed by atoms with Gasteiger partial charge in [-0.15, -0.1) is 0 Å². The van der Waals surface area contributed by atoms with Crippen molar-refractivity contribution < 1.29 is 9.47 Å². The molecule has 1 aromatic heterocycles. The molecule has 3 heterocycles. The summed E-state index contributed by atoms with van der Waals surface area (Å²) in [4.78, 5) is 15.1. The van der Waals surface area contributed by atoms with Crippen molar-refractivity contribution in [2.45, 2.75) is 12.3 Å². The quantitative estimate of drug-likeness (QED) is 0.810. The van der Waals surface area contributed by atoms with Gasteiger partial charge in [0.05, 0.1) is 5.52 Å². The predicted molar refractivity (Wildman–Crippen MR) is 70.9 cm³/mol. The topological polar surface area (TPSA) is 63.4 Å². The van der Waals surface area contributed by atoms with E-state index in [1.807, 2.05) is 18.2 Å². The molecule has 1 saturated heterocycles. The van der Waals surface area contributed by atoms with Gasteiger partial charge in [0.1, 0.15) is 0 Å². The molecule has 1 fully saturated rings. The van der Waals surface area contributed by atoms with Crippen molar-refractivity contribution in [3.63, 3.8) is 0 Å². The summed E-state index contributed by atoms with van der Waals surface area (Å²) < 4.78 is 10.7. The number of aromatic amines is 1. The maximum atomic E-state index is 12.2. The number of benzene rings is 1. The molecule has 98 valence electrons. The van der Waals surface area contributed by atoms with Crippen LogP contribution in [-0.4, -0.2) is 24.9 Å². The highest BCUT2D eigenvalue weighted by molar-refractivity contribution is 5.83. The molecule has 5 nitrogen and oxygen atoms in total. The Morgan fingerprint density at radius 3 is 2.79 bits per heavy atom. The Morgan fingerprint density at radius 1 is 1.16 bits per heavy atom. The number of nitrogens with one attached hydrogen (secondary N) is 2. The van der Waals surface area contributed by atoms with Crippen molar-refractivity contribution in [2.75, 3.05) is 19.9 Å². The fourth-order valence-corrected chi connectivity index (χ4v) is 2.84. The van der Waals surface area contributed by atoms with E-state index >= 15 is 0 Å². The smallest absolute Gasteiger partial charge is 0.251 e. The largest absolute Gasteiger partial charge is 0.454 e. The van der Waals surface area contributed by atoms with Gasteiger partial charge in [-0.1, -0.05) is 0 Å². The summed E-state index contributed by atoms with van der Waals surface area (Å²) >= 11 is 0. The monoisotopic (exact) mass is 258 g/mol. The lowest BCUT2D eigenvalue weighted by atomic mass is 9.98. The molecule has 1 aromatic carbocycles. The van der Waals surface area contributed by atoms with Crippen molar-refractivity contribution in [2.24, 2.45) is 0 Å². The van der Waals surface area contributed by atoms with Crippen LogP contribution in [0.15, 0.2) is 23.0 Å². The van der Waals surface area contributed by atoms with Gasteiger partial charge in [-0.3, -0.25) is 4.79 Å². The lowest BCUT2D eigenvalue weighted by molar-refractivity contribution is 0.174. The van der Waals surface area contributed by atoms with Gasteiger partial charge in [0.25, 0.3) is 5.56 Å². The van der Waals surface area contributed by atoms with Crippen LogP contribution in [0.3, 0.4) is 0 Å². The second kappa shape index (κ2) is 3.99. The number of hydrogen-bond acceptors (Lipinski definition) is 4. The van der Waals surface area contributed by atoms with Gasteiger partial charge in [-0.2, -0.15) is 0 Å². The molecule has 2 aliphatic rings. The van der Waals surface area contributed by atoms with Gasteiger partial charge >= 0.3 is 0 Å². The van der Waals surface area contributed by atoms with Crippen LogP contribution in [0, 0.1) is 0 Å². The normalized spacial score (nSPS) is 21.2. The van der Waals surface area contributed by atoms with Gasteiger partial charge in [-0.25, -0.2) is 0 Å². The first kappa shape index (κ1) is 10.9. The molecule has 4 rings (SSSR count). The molecule has 2 N–H and O–H groups in total. The van der Waals surface area contributed by atoms with Crippen LogP contribution in [0.1, 0.15) is 17.9 Å². The Kier molecular flexibility index (Phi) is 2.29. The van der Waals surface area contributed by atoms with Crippen molar-refractivity contribution in [3.05, 3.63) is 34.1 Å². The third-order valence-electron chi connectivity index (χ3n) is 3.87. The van der Waals surface area contributed by atoms with Gasteiger partial charge in [0.15, 0.2) is 11.5 Å². The summed E-state index contributed by atoms with van der Waals surface area (Å²) in [5.74, 6) is 1.74. The second-order valence-electron chi connectivity index (χ2n) is 5.04. The van der Waals surface area contributed by atoms with E-state index in [1.165, 1.54) is 0 Å². The molecule has 2 aliphatic heterocycles. The molecular formula is C14H14N2O3. The molecule has 2 aromatic rings. The Labute approximate surface area is 109 Å². The van der Waals surface area contributed by atoms with E-state index in [9.17, 15) is 4.79 Å². The van der Waals surface area contributed by atoms with Crippen LogP contribution < -0.4 is 20.3 Å². The minimum absolute atomic E-state index is 0.0000605. The fourth-order valence-electron chi connectivity index (χ4n) is 2.84. The summed E-state index contributed by atoms with van der Waals surface area (Å²) in [5, 5.41) is 4.28. The molecule has 5 heteroatoms. The standard InChI is InChI=1S/C14H14N2O3/c17-14-10(8-1-2-15-6-8)3-9-4-12-13(19-7-18-12)5-11(9)16-14/h3-5,8,15H,1-2,6-7H2,(H,16,17). The summed E-state index contributed by atoms with van der Waals surface area (Å²) in [6, 6.07) is 5.74. The van der Waals surface area contributed by atoms with E-state index in [-0.39, 0.29) is 12.4 Å². The molecule has 1 atom stereocenters. The molecule has 0 aliphatic carbocycles. The third-order valence-corrected chi connectivity index (χ3v) is 3.87. The van der Waals surface area contributed by atoms with Gasteiger partial charge < -0.3 is 19.8 Å². The minimum Gasteiger partial charge on any atom is -0.454 e. The third kappa shape index (κ3) is 1.69. The Balaban J connectivity index is 1.90. The molecular weight excluding hydrogens is 244 g/mol. The van der Waals surface area contributed by atoms with Crippen LogP contribution in [-0.2, 0) is 0 Å². The lowest BCUT2D eigenvalue weighted by Gasteiger charge is -2.09. The van der Waals surface area contributed by atoms with Crippen molar-refractivity contribution in [1.29, 1.82) is 0 Å². The van der Waals surface area contributed by atoms with Crippen molar-refractivity contribution >= 4 is 10.9 Å². The average Bonchev–Trinajstić information content (AvgIpc) is 3.06. The predicted octanol–water partition coefficient (Wildman–Crippen LogP) is 1.33. The van der Waals surface area contributed by atoms with Crippen molar-refractivity contribution in [1.82, 2.24) is 10.3 Å². The van der Waals surface area contributed by atoms with Crippen molar-refractivity contribution in [3.8, 4) is 11.5 Å². The van der Waals surface area contributed by atoms with E-state index in [1.54, 1.807) is 0 Å². The first-order chi connectivity index (χ1) is 9.31. The highest BCUT2D eigenvalue weighted by atomic mass is 16.7. The highest BCUT2D eigenvalue weighted by Gasteiger charge is 2.21. The summed E-state index contributed by atoms with van der Waals surface area (Å²) in [5.41, 5.74) is 1.65. The first-order valence-corrected chi connectivity index (χ1v) is 6.48. The first-order valence-electron chi connectivity index (χ1n) is 6.48. The van der Waals surface area contributed by atoms with Crippen LogP contribution in [0.5, 0.6) is 11.5 Å². The lowest BCUT2D eigenvalue weighted by Crippen LogP contribution is -2.18. The zero-order chi connectivity index (χ0) is 12.8. The van der Waals surface area contributed by atoms with E-state index in [4.69, 9.17) is 9.47 Å². The van der Waals surface area contributed by atoms with E-state index in [2.05, 4.69) is 10.3 Å². The Morgan fingerprint density at radius 2 is 2.00 bits per heavy atom. The number of rotatable bonds is 1. The SMILES string of the molecule is O=c1[nH]c2cc3c(cc2cc1C1CCNC1)OCO3. The maximum absolute atomic E-state index is 12.2.